The Labute approximate surface area is 92.6 Å². The van der Waals surface area contributed by atoms with E-state index < -0.39 is 40.6 Å². The fourth-order valence-corrected chi connectivity index (χ4v) is 3.18. The van der Waals surface area contributed by atoms with E-state index in [0.717, 1.165) is 0 Å². The van der Waals surface area contributed by atoms with E-state index in [0.29, 0.717) is 5.41 Å². The molecule has 8 heteroatoms. The zero-order valence-electron chi connectivity index (χ0n) is 8.11. The summed E-state index contributed by atoms with van der Waals surface area (Å²) in [4.78, 5) is 0. The van der Waals surface area contributed by atoms with Crippen molar-refractivity contribution in [3.8, 4) is 0 Å². The smallest absolute Gasteiger partial charge is 0.292 e. The molecule has 0 bridgehead atoms. The third kappa shape index (κ3) is 1.38. The van der Waals surface area contributed by atoms with Gasteiger partial charge in [-0.1, -0.05) is 0 Å². The molecule has 1 saturated heterocycles. The first-order chi connectivity index (χ1) is 7.33. The topological polar surface area (TPSA) is 119 Å². The first-order valence-electron chi connectivity index (χ1n) is 4.47. The summed E-state index contributed by atoms with van der Waals surface area (Å²) in [5.74, 6) is 0. The van der Waals surface area contributed by atoms with E-state index in [9.17, 15) is 13.5 Å². The maximum Gasteiger partial charge on any atom is 0.292 e. The van der Waals surface area contributed by atoms with Crippen molar-refractivity contribution in [1.29, 1.82) is 0 Å². The highest BCUT2D eigenvalue weighted by Gasteiger charge is 2.62. The van der Waals surface area contributed by atoms with Crippen LogP contribution < -0.4 is 5.73 Å². The van der Waals surface area contributed by atoms with Gasteiger partial charge in [0.25, 0.3) is 10.1 Å². The Morgan fingerprint density at radius 2 is 2.25 bits per heavy atom. The number of hydrogen-bond donors (Lipinski definition) is 3. The van der Waals surface area contributed by atoms with E-state index in [-0.39, 0.29) is 5.70 Å². The van der Waals surface area contributed by atoms with E-state index in [1.54, 1.807) is 0 Å². The Morgan fingerprint density at radius 1 is 1.62 bits per heavy atom. The lowest BCUT2D eigenvalue weighted by Crippen LogP contribution is -2.53. The largest absolute Gasteiger partial charge is 0.399 e. The van der Waals surface area contributed by atoms with Gasteiger partial charge >= 0.3 is 0 Å². The Bertz CT molecular complexity index is 432. The predicted octanol–water partition coefficient (Wildman–Crippen LogP) is -2.28. The molecule has 16 heavy (non-hydrogen) atoms. The van der Waals surface area contributed by atoms with Crippen LogP contribution in [0.5, 0.6) is 0 Å². The summed E-state index contributed by atoms with van der Waals surface area (Å²) >= 11 is 0. The summed E-state index contributed by atoms with van der Waals surface area (Å²) in [5.41, 5.74) is 3.48. The Kier molecular flexibility index (Phi) is 2.52. The molecule has 2 aliphatic rings. The minimum Gasteiger partial charge on any atom is -0.399 e. The molecule has 2 radical (unpaired) electrons. The standard InChI is InChI=1S/C8H11NO6S/c1-4-7(11)8(6(2-10)14-4)5(9)3-16(12,13)15-8/h1,3-4,6-7,10-11H,2,9H2/t4-,6+,7?,8+/m0/s1. The first-order valence-corrected chi connectivity index (χ1v) is 5.94. The minimum absolute atomic E-state index is 0.230. The summed E-state index contributed by atoms with van der Waals surface area (Å²) in [6.07, 6.45) is -3.75. The van der Waals surface area contributed by atoms with Gasteiger partial charge in [-0.25, -0.2) is 4.18 Å². The van der Waals surface area contributed by atoms with Crippen molar-refractivity contribution < 1.29 is 27.6 Å². The maximum atomic E-state index is 11.2. The molecule has 2 aliphatic heterocycles. The van der Waals surface area contributed by atoms with Gasteiger partial charge in [0, 0.05) is 0 Å². The second kappa shape index (κ2) is 3.41. The maximum absolute atomic E-state index is 11.2. The third-order valence-electron chi connectivity index (χ3n) is 2.69. The lowest BCUT2D eigenvalue weighted by Gasteiger charge is -2.30. The molecule has 0 saturated carbocycles. The van der Waals surface area contributed by atoms with Crippen molar-refractivity contribution >= 4 is 10.1 Å². The highest BCUT2D eigenvalue weighted by atomic mass is 32.2. The van der Waals surface area contributed by atoms with Gasteiger partial charge < -0.3 is 20.7 Å². The van der Waals surface area contributed by atoms with Gasteiger partial charge in [-0.15, -0.1) is 0 Å². The monoisotopic (exact) mass is 249 g/mol. The minimum atomic E-state index is -3.98. The second-order valence-corrected chi connectivity index (χ2v) is 5.05. The van der Waals surface area contributed by atoms with E-state index in [1.807, 2.05) is 0 Å². The molecule has 2 rings (SSSR count). The quantitative estimate of drug-likeness (QED) is 0.448. The van der Waals surface area contributed by atoms with Crippen molar-refractivity contribution in [2.45, 2.75) is 23.9 Å². The highest BCUT2D eigenvalue weighted by Crippen LogP contribution is 2.43. The first kappa shape index (κ1) is 11.8. The fourth-order valence-electron chi connectivity index (χ4n) is 1.95. The normalized spacial score (nSPS) is 46.2. The Hall–Kier alpha value is -0.670. The number of aliphatic hydroxyl groups excluding tert-OH is 2. The number of nitrogens with two attached hydrogens (primary N) is 1. The Balaban J connectivity index is 2.49. The van der Waals surface area contributed by atoms with Gasteiger partial charge in [-0.05, 0) is 6.92 Å². The summed E-state index contributed by atoms with van der Waals surface area (Å²) in [6, 6.07) is 0. The zero-order valence-corrected chi connectivity index (χ0v) is 8.92. The number of rotatable bonds is 1. The van der Waals surface area contributed by atoms with Gasteiger partial charge in [-0.3, -0.25) is 0 Å². The van der Waals surface area contributed by atoms with Crippen LogP contribution >= 0.6 is 0 Å². The van der Waals surface area contributed by atoms with E-state index in [2.05, 4.69) is 0 Å². The fraction of sp³-hybridized carbons (Fsp3) is 0.625. The SMILES string of the molecule is [CH][C@@H]1O[C@H](CO)[C@@]2(OS(=O)(=O)C=C2N)C1O. The molecular weight excluding hydrogens is 238 g/mol. The molecule has 7 nitrogen and oxygen atoms in total. The molecule has 1 fully saturated rings. The second-order valence-electron chi connectivity index (χ2n) is 3.66. The van der Waals surface area contributed by atoms with E-state index >= 15 is 0 Å². The number of aliphatic hydroxyl groups is 2. The molecule has 0 amide bonds. The van der Waals surface area contributed by atoms with Gasteiger partial charge in [-0.2, -0.15) is 8.42 Å². The molecule has 4 atom stereocenters. The van der Waals surface area contributed by atoms with Crippen LogP contribution in [0, 0.1) is 6.92 Å². The number of hydrogen-bond acceptors (Lipinski definition) is 7. The van der Waals surface area contributed by atoms with Gasteiger partial charge in [0.1, 0.15) is 12.2 Å². The van der Waals surface area contributed by atoms with E-state index in [1.165, 1.54) is 0 Å². The Morgan fingerprint density at radius 3 is 2.69 bits per heavy atom. The van der Waals surface area contributed by atoms with Crippen LogP contribution in [0.3, 0.4) is 0 Å². The molecule has 0 aliphatic carbocycles. The van der Waals surface area contributed by atoms with Crippen molar-refractivity contribution in [3.05, 3.63) is 18.0 Å². The van der Waals surface area contributed by atoms with Gasteiger partial charge in [0.05, 0.1) is 23.8 Å². The van der Waals surface area contributed by atoms with Crippen LogP contribution in [0.1, 0.15) is 0 Å². The van der Waals surface area contributed by atoms with Gasteiger partial charge in [0.2, 0.25) is 0 Å². The lowest BCUT2D eigenvalue weighted by molar-refractivity contribution is -0.0417. The predicted molar refractivity (Wildman–Crippen MR) is 51.1 cm³/mol. The molecule has 1 spiro atoms. The average Bonchev–Trinajstić information content (AvgIpc) is 2.56. The average molecular weight is 249 g/mol. The lowest BCUT2D eigenvalue weighted by atomic mass is 9.88. The van der Waals surface area contributed by atoms with Crippen LogP contribution in [0.15, 0.2) is 11.1 Å². The van der Waals surface area contributed by atoms with Crippen molar-refractivity contribution in [2.24, 2.45) is 5.73 Å². The zero-order chi connectivity index (χ0) is 12.1. The molecule has 4 N–H and O–H groups in total. The molecule has 0 aromatic rings. The molecule has 2 heterocycles. The summed E-state index contributed by atoms with van der Waals surface area (Å²) in [7, 11) is -3.98. The molecule has 90 valence electrons. The summed E-state index contributed by atoms with van der Waals surface area (Å²) in [6.45, 7) is 4.83. The van der Waals surface area contributed by atoms with Crippen LogP contribution in [0.2, 0.25) is 0 Å². The molecule has 1 unspecified atom stereocenters. The van der Waals surface area contributed by atoms with Crippen LogP contribution in [-0.2, 0) is 19.0 Å². The van der Waals surface area contributed by atoms with Gasteiger partial charge in [0.15, 0.2) is 5.60 Å². The molecule has 0 aromatic carbocycles. The molecular formula is C8H11NO6S. The summed E-state index contributed by atoms with van der Waals surface area (Å²) in [5, 5.41) is 19.5. The molecule has 0 aromatic heterocycles. The van der Waals surface area contributed by atoms with Crippen molar-refractivity contribution in [2.75, 3.05) is 6.61 Å². The van der Waals surface area contributed by atoms with E-state index in [4.69, 9.17) is 26.7 Å². The van der Waals surface area contributed by atoms with Crippen LogP contribution in [0.25, 0.3) is 0 Å². The van der Waals surface area contributed by atoms with Crippen LogP contribution in [0.4, 0.5) is 0 Å². The highest BCUT2D eigenvalue weighted by molar-refractivity contribution is 7.90. The third-order valence-corrected chi connectivity index (χ3v) is 3.74. The van der Waals surface area contributed by atoms with Crippen LogP contribution in [-0.4, -0.2) is 49.2 Å². The van der Waals surface area contributed by atoms with Crippen molar-refractivity contribution in [1.82, 2.24) is 0 Å². The van der Waals surface area contributed by atoms with Crippen molar-refractivity contribution in [3.63, 3.8) is 0 Å². The summed E-state index contributed by atoms with van der Waals surface area (Å²) < 4.78 is 32.2. The number of ether oxygens (including phenoxy) is 1.